The summed E-state index contributed by atoms with van der Waals surface area (Å²) in [5.41, 5.74) is 1.21. The second-order valence-corrected chi connectivity index (χ2v) is 8.14. The zero-order chi connectivity index (χ0) is 22.5. The SMILES string of the molecule is Cc1c(C(=O)OCCc2ccccc2)sc2ncn(CC(=O)NCc3ccco3)c(=O)c12. The highest BCUT2D eigenvalue weighted by Gasteiger charge is 2.21. The maximum atomic E-state index is 12.9. The van der Waals surface area contributed by atoms with E-state index in [1.165, 1.54) is 17.2 Å². The Morgan fingerprint density at radius 2 is 2.00 bits per heavy atom. The van der Waals surface area contributed by atoms with Crippen molar-refractivity contribution in [2.45, 2.75) is 26.4 Å². The molecule has 0 saturated heterocycles. The largest absolute Gasteiger partial charge is 0.467 e. The van der Waals surface area contributed by atoms with Gasteiger partial charge in [0.05, 0.1) is 31.1 Å². The number of hydrogen-bond acceptors (Lipinski definition) is 7. The van der Waals surface area contributed by atoms with Gasteiger partial charge in [-0.3, -0.25) is 14.2 Å². The van der Waals surface area contributed by atoms with Gasteiger partial charge in [0.15, 0.2) is 0 Å². The Morgan fingerprint density at radius 3 is 2.75 bits per heavy atom. The van der Waals surface area contributed by atoms with E-state index in [0.29, 0.717) is 32.8 Å². The molecule has 0 aliphatic carbocycles. The van der Waals surface area contributed by atoms with E-state index in [-0.39, 0.29) is 31.2 Å². The van der Waals surface area contributed by atoms with E-state index in [4.69, 9.17) is 9.15 Å². The van der Waals surface area contributed by atoms with Gasteiger partial charge in [-0.1, -0.05) is 30.3 Å². The van der Waals surface area contributed by atoms with Gasteiger partial charge in [-0.05, 0) is 30.2 Å². The van der Waals surface area contributed by atoms with Gasteiger partial charge < -0.3 is 14.5 Å². The van der Waals surface area contributed by atoms with Crippen LogP contribution in [0.5, 0.6) is 0 Å². The number of fused-ring (bicyclic) bond motifs is 1. The van der Waals surface area contributed by atoms with Crippen molar-refractivity contribution in [3.63, 3.8) is 0 Å². The van der Waals surface area contributed by atoms with Crippen molar-refractivity contribution in [1.29, 1.82) is 0 Å². The summed E-state index contributed by atoms with van der Waals surface area (Å²) in [7, 11) is 0. The molecule has 0 aliphatic rings. The first-order valence-electron chi connectivity index (χ1n) is 10.0. The van der Waals surface area contributed by atoms with Crippen molar-refractivity contribution in [2.75, 3.05) is 6.61 Å². The number of carbonyl (C=O) groups excluding carboxylic acids is 2. The monoisotopic (exact) mass is 451 g/mol. The molecule has 0 aliphatic heterocycles. The molecule has 9 heteroatoms. The fourth-order valence-electron chi connectivity index (χ4n) is 3.25. The van der Waals surface area contributed by atoms with Crippen LogP contribution in [0.15, 0.2) is 64.3 Å². The lowest BCUT2D eigenvalue weighted by molar-refractivity contribution is -0.122. The third-order valence-corrected chi connectivity index (χ3v) is 6.10. The van der Waals surface area contributed by atoms with Gasteiger partial charge in [0, 0.05) is 6.42 Å². The van der Waals surface area contributed by atoms with Crippen molar-refractivity contribution in [3.8, 4) is 0 Å². The number of aryl methyl sites for hydroxylation is 1. The Labute approximate surface area is 187 Å². The summed E-state index contributed by atoms with van der Waals surface area (Å²) < 4.78 is 11.8. The molecular weight excluding hydrogens is 430 g/mol. The minimum atomic E-state index is -0.483. The van der Waals surface area contributed by atoms with Crippen molar-refractivity contribution < 1.29 is 18.7 Å². The highest BCUT2D eigenvalue weighted by Crippen LogP contribution is 2.27. The lowest BCUT2D eigenvalue weighted by Gasteiger charge is -2.06. The summed E-state index contributed by atoms with van der Waals surface area (Å²) in [4.78, 5) is 42.8. The molecule has 1 aromatic carbocycles. The topological polar surface area (TPSA) is 103 Å². The highest BCUT2D eigenvalue weighted by atomic mass is 32.1. The molecule has 1 amide bonds. The third-order valence-electron chi connectivity index (χ3n) is 4.92. The second-order valence-electron chi connectivity index (χ2n) is 7.14. The molecule has 1 N–H and O–H groups in total. The highest BCUT2D eigenvalue weighted by molar-refractivity contribution is 7.20. The van der Waals surface area contributed by atoms with Crippen molar-refractivity contribution in [3.05, 3.63) is 87.2 Å². The number of hydrogen-bond donors (Lipinski definition) is 1. The smallest absolute Gasteiger partial charge is 0.348 e. The zero-order valence-corrected chi connectivity index (χ0v) is 18.2. The van der Waals surface area contributed by atoms with Gasteiger partial charge in [-0.2, -0.15) is 0 Å². The van der Waals surface area contributed by atoms with Crippen LogP contribution < -0.4 is 10.9 Å². The number of esters is 1. The number of carbonyl (C=O) groups is 2. The molecule has 8 nitrogen and oxygen atoms in total. The third kappa shape index (κ3) is 4.78. The summed E-state index contributed by atoms with van der Waals surface area (Å²) in [5.74, 6) is -0.218. The molecule has 32 heavy (non-hydrogen) atoms. The van der Waals surface area contributed by atoms with E-state index in [0.717, 1.165) is 16.9 Å². The molecule has 4 aromatic rings. The first-order valence-corrected chi connectivity index (χ1v) is 10.8. The minimum absolute atomic E-state index is 0.186. The van der Waals surface area contributed by atoms with E-state index in [1.807, 2.05) is 30.3 Å². The van der Waals surface area contributed by atoms with Crippen molar-refractivity contribution in [1.82, 2.24) is 14.9 Å². The van der Waals surface area contributed by atoms with Gasteiger partial charge in [0.25, 0.3) is 5.56 Å². The molecule has 0 spiro atoms. The second kappa shape index (κ2) is 9.61. The number of furan rings is 1. The summed E-state index contributed by atoms with van der Waals surface area (Å²) in [6.07, 6.45) is 3.44. The summed E-state index contributed by atoms with van der Waals surface area (Å²) >= 11 is 1.12. The average molecular weight is 452 g/mol. The molecular formula is C23H21N3O5S. The summed E-state index contributed by atoms with van der Waals surface area (Å²) in [6, 6.07) is 13.2. The van der Waals surface area contributed by atoms with Crippen LogP contribution in [0.4, 0.5) is 0 Å². The van der Waals surface area contributed by atoms with Crippen LogP contribution in [0.25, 0.3) is 10.2 Å². The predicted octanol–water partition coefficient (Wildman–Crippen LogP) is 3.08. The maximum Gasteiger partial charge on any atom is 0.348 e. The molecule has 0 atom stereocenters. The Hall–Kier alpha value is -3.72. The molecule has 164 valence electrons. The van der Waals surface area contributed by atoms with Gasteiger partial charge in [0.1, 0.15) is 22.0 Å². The van der Waals surface area contributed by atoms with Gasteiger partial charge >= 0.3 is 5.97 Å². The minimum Gasteiger partial charge on any atom is -0.467 e. The Morgan fingerprint density at radius 1 is 1.19 bits per heavy atom. The Bertz CT molecular complexity index is 1290. The molecule has 0 unspecified atom stereocenters. The van der Waals surface area contributed by atoms with Gasteiger partial charge in [-0.15, -0.1) is 11.3 Å². The number of nitrogens with zero attached hydrogens (tertiary/aromatic N) is 2. The number of amides is 1. The number of rotatable bonds is 8. The quantitative estimate of drug-likeness (QED) is 0.413. The van der Waals surface area contributed by atoms with Gasteiger partial charge in [0.2, 0.25) is 5.91 Å². The number of nitrogens with one attached hydrogen (secondary N) is 1. The van der Waals surface area contributed by atoms with E-state index >= 15 is 0 Å². The lowest BCUT2D eigenvalue weighted by atomic mass is 10.2. The van der Waals surface area contributed by atoms with Crippen LogP contribution in [0, 0.1) is 6.92 Å². The molecule has 0 fully saturated rings. The predicted molar refractivity (Wildman–Crippen MR) is 120 cm³/mol. The van der Waals surface area contributed by atoms with E-state index in [2.05, 4.69) is 10.3 Å². The zero-order valence-electron chi connectivity index (χ0n) is 17.4. The van der Waals surface area contributed by atoms with E-state index in [9.17, 15) is 14.4 Å². The Balaban J connectivity index is 1.44. The molecule has 0 radical (unpaired) electrons. The van der Waals surface area contributed by atoms with Crippen LogP contribution in [-0.4, -0.2) is 28.0 Å². The van der Waals surface area contributed by atoms with Crippen LogP contribution in [0.2, 0.25) is 0 Å². The van der Waals surface area contributed by atoms with Crippen molar-refractivity contribution >= 4 is 33.4 Å². The van der Waals surface area contributed by atoms with Crippen molar-refractivity contribution in [2.24, 2.45) is 0 Å². The number of thiophene rings is 1. The maximum absolute atomic E-state index is 12.9. The summed E-state index contributed by atoms with van der Waals surface area (Å²) in [5, 5.41) is 3.02. The summed E-state index contributed by atoms with van der Waals surface area (Å²) in [6.45, 7) is 1.97. The number of ether oxygens (including phenoxy) is 1. The molecule has 4 rings (SSSR count). The van der Waals surface area contributed by atoms with Gasteiger partial charge in [-0.25, -0.2) is 9.78 Å². The fourth-order valence-corrected chi connectivity index (χ4v) is 4.28. The first kappa shape index (κ1) is 21.5. The molecule has 3 aromatic heterocycles. The molecule has 0 bridgehead atoms. The molecule has 3 heterocycles. The Kier molecular flexibility index (Phi) is 6.46. The van der Waals surface area contributed by atoms with E-state index in [1.54, 1.807) is 19.1 Å². The van der Waals surface area contributed by atoms with Crippen LogP contribution in [-0.2, 0) is 29.0 Å². The number of aromatic nitrogens is 2. The lowest BCUT2D eigenvalue weighted by Crippen LogP contribution is -2.32. The van der Waals surface area contributed by atoms with Crippen LogP contribution in [0.1, 0.15) is 26.6 Å². The number of benzene rings is 1. The molecule has 0 saturated carbocycles. The van der Waals surface area contributed by atoms with Crippen LogP contribution >= 0.6 is 11.3 Å². The fraction of sp³-hybridized carbons (Fsp3) is 0.217. The van der Waals surface area contributed by atoms with E-state index < -0.39 is 5.97 Å². The average Bonchev–Trinajstić information content (AvgIpc) is 3.43. The standard InChI is InChI=1S/C23H21N3O5S/c1-15-19-21(32-20(15)23(29)31-11-9-16-6-3-2-4-7-16)25-14-26(22(19)28)13-18(27)24-12-17-8-5-10-30-17/h2-8,10,14H,9,11-13H2,1H3,(H,24,27). The van der Waals surface area contributed by atoms with Crippen LogP contribution in [0.3, 0.4) is 0 Å². The normalized spacial score (nSPS) is 10.9. The first-order chi connectivity index (χ1) is 15.5.